The number of furan rings is 1. The van der Waals surface area contributed by atoms with Crippen molar-refractivity contribution in [1.29, 1.82) is 0 Å². The summed E-state index contributed by atoms with van der Waals surface area (Å²) < 4.78 is 5.67. The van der Waals surface area contributed by atoms with Crippen LogP contribution in [0.25, 0.3) is 0 Å². The van der Waals surface area contributed by atoms with E-state index >= 15 is 0 Å². The van der Waals surface area contributed by atoms with Crippen molar-refractivity contribution < 1.29 is 14.0 Å². The average molecular weight is 337 g/mol. The van der Waals surface area contributed by atoms with Gasteiger partial charge in [-0.05, 0) is 45.8 Å². The fourth-order valence-electron chi connectivity index (χ4n) is 1.61. The third-order valence-electron chi connectivity index (χ3n) is 2.52. The quantitative estimate of drug-likeness (QED) is 0.901. The maximum absolute atomic E-state index is 11.8. The molecule has 104 valence electrons. The van der Waals surface area contributed by atoms with Crippen molar-refractivity contribution in [3.8, 4) is 0 Å². The van der Waals surface area contributed by atoms with E-state index < -0.39 is 0 Å². The van der Waals surface area contributed by atoms with E-state index in [0.717, 1.165) is 11.3 Å². The van der Waals surface area contributed by atoms with Gasteiger partial charge >= 0.3 is 0 Å². The van der Waals surface area contributed by atoms with Gasteiger partial charge in [0.15, 0.2) is 10.4 Å². The van der Waals surface area contributed by atoms with E-state index in [4.69, 9.17) is 4.42 Å². The highest BCUT2D eigenvalue weighted by Crippen LogP contribution is 2.14. The molecule has 20 heavy (non-hydrogen) atoms. The van der Waals surface area contributed by atoms with Crippen LogP contribution in [0.15, 0.2) is 45.5 Å². The maximum Gasteiger partial charge on any atom is 0.287 e. The van der Waals surface area contributed by atoms with Gasteiger partial charge < -0.3 is 15.1 Å². The first-order valence-corrected chi connectivity index (χ1v) is 6.74. The lowest BCUT2D eigenvalue weighted by Gasteiger charge is -2.05. The zero-order valence-electron chi connectivity index (χ0n) is 10.8. The summed E-state index contributed by atoms with van der Waals surface area (Å²) >= 11 is 3.14. The summed E-state index contributed by atoms with van der Waals surface area (Å²) in [5.41, 5.74) is 1.65. The van der Waals surface area contributed by atoms with Crippen molar-refractivity contribution in [1.82, 2.24) is 5.32 Å². The second-order valence-corrected chi connectivity index (χ2v) is 4.95. The number of rotatable bonds is 4. The van der Waals surface area contributed by atoms with Gasteiger partial charge in [-0.1, -0.05) is 12.1 Å². The number of amides is 2. The third kappa shape index (κ3) is 3.96. The lowest BCUT2D eigenvalue weighted by atomic mass is 10.2. The highest BCUT2D eigenvalue weighted by molar-refractivity contribution is 9.10. The third-order valence-corrected chi connectivity index (χ3v) is 2.95. The predicted octanol–water partition coefficient (Wildman–Crippen LogP) is 2.93. The molecule has 0 aliphatic carbocycles. The van der Waals surface area contributed by atoms with Crippen LogP contribution >= 0.6 is 15.9 Å². The fourth-order valence-corrected chi connectivity index (χ4v) is 1.92. The van der Waals surface area contributed by atoms with Gasteiger partial charge in [0.2, 0.25) is 5.91 Å². The molecule has 0 bridgehead atoms. The molecule has 0 atom stereocenters. The summed E-state index contributed by atoms with van der Waals surface area (Å²) in [6.45, 7) is 1.84. The maximum atomic E-state index is 11.8. The van der Waals surface area contributed by atoms with E-state index in [9.17, 15) is 9.59 Å². The van der Waals surface area contributed by atoms with Crippen LogP contribution in [-0.4, -0.2) is 11.8 Å². The standard InChI is InChI=1S/C14H13BrN2O3/c1-9(18)17-11-4-2-10(3-5-11)8-16-14(19)12-6-7-13(15)20-12/h2-7H,8H2,1H3,(H,16,19)(H,17,18). The van der Waals surface area contributed by atoms with Gasteiger partial charge in [0.25, 0.3) is 5.91 Å². The number of carbonyl (C=O) groups excluding carboxylic acids is 2. The minimum absolute atomic E-state index is 0.116. The topological polar surface area (TPSA) is 71.3 Å². The molecular formula is C14H13BrN2O3. The predicted molar refractivity (Wildman–Crippen MR) is 78.3 cm³/mol. The van der Waals surface area contributed by atoms with Crippen molar-refractivity contribution >= 4 is 33.4 Å². The van der Waals surface area contributed by atoms with Gasteiger partial charge in [0, 0.05) is 19.2 Å². The minimum Gasteiger partial charge on any atom is -0.444 e. The molecule has 0 saturated carbocycles. The summed E-state index contributed by atoms with van der Waals surface area (Å²) in [4.78, 5) is 22.7. The van der Waals surface area contributed by atoms with Crippen LogP contribution in [-0.2, 0) is 11.3 Å². The molecule has 2 aromatic rings. The Morgan fingerprint density at radius 1 is 1.15 bits per heavy atom. The first-order chi connectivity index (χ1) is 9.54. The van der Waals surface area contributed by atoms with Gasteiger partial charge in [0.05, 0.1) is 0 Å². The Kier molecular flexibility index (Phi) is 4.57. The monoisotopic (exact) mass is 336 g/mol. The molecule has 1 heterocycles. The SMILES string of the molecule is CC(=O)Nc1ccc(CNC(=O)c2ccc(Br)o2)cc1. The Hall–Kier alpha value is -2.08. The molecule has 6 heteroatoms. The van der Waals surface area contributed by atoms with Gasteiger partial charge in [-0.15, -0.1) is 0 Å². The Balaban J connectivity index is 1.90. The first kappa shape index (κ1) is 14.3. The molecule has 0 fully saturated rings. The molecule has 0 radical (unpaired) electrons. The zero-order valence-corrected chi connectivity index (χ0v) is 12.4. The second-order valence-electron chi connectivity index (χ2n) is 4.16. The van der Waals surface area contributed by atoms with E-state index in [-0.39, 0.29) is 17.6 Å². The Labute approximate surface area is 124 Å². The molecule has 0 aliphatic heterocycles. The molecule has 2 amide bonds. The van der Waals surface area contributed by atoms with Crippen molar-refractivity contribution in [3.05, 3.63) is 52.4 Å². The van der Waals surface area contributed by atoms with E-state index in [1.165, 1.54) is 6.92 Å². The summed E-state index contributed by atoms with van der Waals surface area (Å²) in [6, 6.07) is 10.5. The highest BCUT2D eigenvalue weighted by atomic mass is 79.9. The number of hydrogen-bond donors (Lipinski definition) is 2. The van der Waals surface area contributed by atoms with Crippen LogP contribution in [0.3, 0.4) is 0 Å². The summed E-state index contributed by atoms with van der Waals surface area (Å²) in [5, 5.41) is 5.43. The fraction of sp³-hybridized carbons (Fsp3) is 0.143. The van der Waals surface area contributed by atoms with E-state index in [1.807, 2.05) is 12.1 Å². The van der Waals surface area contributed by atoms with Crippen LogP contribution in [0.4, 0.5) is 5.69 Å². The molecule has 2 N–H and O–H groups in total. The number of nitrogens with one attached hydrogen (secondary N) is 2. The molecule has 1 aromatic carbocycles. The van der Waals surface area contributed by atoms with Gasteiger partial charge in [-0.25, -0.2) is 0 Å². The molecule has 5 nitrogen and oxygen atoms in total. The minimum atomic E-state index is -0.276. The van der Waals surface area contributed by atoms with Crippen LogP contribution in [0.5, 0.6) is 0 Å². The van der Waals surface area contributed by atoms with E-state index in [0.29, 0.717) is 11.2 Å². The van der Waals surface area contributed by atoms with Crippen molar-refractivity contribution in [2.24, 2.45) is 0 Å². The number of benzene rings is 1. The molecule has 0 saturated heterocycles. The van der Waals surface area contributed by atoms with Gasteiger partial charge in [-0.2, -0.15) is 0 Å². The Bertz CT molecular complexity index is 620. The number of carbonyl (C=O) groups is 2. The lowest BCUT2D eigenvalue weighted by Crippen LogP contribution is -2.22. The second kappa shape index (κ2) is 6.38. The lowest BCUT2D eigenvalue weighted by molar-refractivity contribution is -0.114. The van der Waals surface area contributed by atoms with Crippen LogP contribution < -0.4 is 10.6 Å². The van der Waals surface area contributed by atoms with Crippen molar-refractivity contribution in [3.63, 3.8) is 0 Å². The van der Waals surface area contributed by atoms with E-state index in [2.05, 4.69) is 26.6 Å². The summed E-state index contributed by atoms with van der Waals surface area (Å²) in [6.07, 6.45) is 0. The van der Waals surface area contributed by atoms with Crippen molar-refractivity contribution in [2.75, 3.05) is 5.32 Å². The smallest absolute Gasteiger partial charge is 0.287 e. The van der Waals surface area contributed by atoms with Crippen LogP contribution in [0.2, 0.25) is 0 Å². The highest BCUT2D eigenvalue weighted by Gasteiger charge is 2.09. The van der Waals surface area contributed by atoms with E-state index in [1.54, 1.807) is 24.3 Å². The molecule has 0 unspecified atom stereocenters. The zero-order chi connectivity index (χ0) is 14.5. The average Bonchev–Trinajstić information content (AvgIpc) is 2.84. The Morgan fingerprint density at radius 2 is 1.85 bits per heavy atom. The largest absolute Gasteiger partial charge is 0.444 e. The normalized spacial score (nSPS) is 10.1. The summed E-state index contributed by atoms with van der Waals surface area (Å²) in [5.74, 6) is -0.136. The first-order valence-electron chi connectivity index (χ1n) is 5.94. The molecule has 0 spiro atoms. The van der Waals surface area contributed by atoms with Gasteiger partial charge in [0.1, 0.15) is 0 Å². The molecule has 1 aromatic heterocycles. The Morgan fingerprint density at radius 3 is 2.40 bits per heavy atom. The van der Waals surface area contributed by atoms with Gasteiger partial charge in [-0.3, -0.25) is 9.59 Å². The molecular weight excluding hydrogens is 324 g/mol. The number of halogens is 1. The molecule has 0 aliphatic rings. The number of hydrogen-bond acceptors (Lipinski definition) is 3. The van der Waals surface area contributed by atoms with Crippen LogP contribution in [0, 0.1) is 0 Å². The number of anilines is 1. The molecule has 2 rings (SSSR count). The van der Waals surface area contributed by atoms with Crippen LogP contribution in [0.1, 0.15) is 23.0 Å². The van der Waals surface area contributed by atoms with Crippen molar-refractivity contribution in [2.45, 2.75) is 13.5 Å². The summed E-state index contributed by atoms with van der Waals surface area (Å²) in [7, 11) is 0.